The van der Waals surface area contributed by atoms with E-state index in [-0.39, 0.29) is 16.6 Å². The van der Waals surface area contributed by atoms with Crippen molar-refractivity contribution >= 4 is 40.5 Å². The summed E-state index contributed by atoms with van der Waals surface area (Å²) in [5.74, 6) is -2.00. The maximum absolute atomic E-state index is 13.7. The summed E-state index contributed by atoms with van der Waals surface area (Å²) in [5, 5.41) is 7.02. The molecule has 164 valence electrons. The summed E-state index contributed by atoms with van der Waals surface area (Å²) in [5.41, 5.74) is 3.61. The fraction of sp³-hybridized carbons (Fsp3) is 0.240. The third-order valence-corrected chi connectivity index (χ3v) is 7.09. The van der Waals surface area contributed by atoms with E-state index < -0.39 is 17.5 Å². The Morgan fingerprint density at radius 2 is 1.75 bits per heavy atom. The van der Waals surface area contributed by atoms with Crippen LogP contribution in [0.4, 0.5) is 20.2 Å². The van der Waals surface area contributed by atoms with Crippen LogP contribution in [0.5, 0.6) is 0 Å². The van der Waals surface area contributed by atoms with E-state index in [4.69, 9.17) is 23.2 Å². The van der Waals surface area contributed by atoms with Crippen LogP contribution in [0.15, 0.2) is 54.6 Å². The maximum Gasteiger partial charge on any atom is 0.257 e. The Kier molecular flexibility index (Phi) is 5.56. The second-order valence-electron chi connectivity index (χ2n) is 8.34. The molecule has 2 N–H and O–H groups in total. The standard InChI is InChI=1S/C25H20Cl2F2N2O/c26-14-9-7-13(8-10-14)23-16-4-1-3-15(16)17-5-2-6-22(24(17)31-23)30-25(32)18-11-20(28)21(29)12-19(18)27/h2,5-12,15-16,23,31H,1,3-4H2,(H,30,32)/t15-,16+,23+/m0/s1. The first-order chi connectivity index (χ1) is 15.4. The van der Waals surface area contributed by atoms with Crippen LogP contribution in [0.3, 0.4) is 0 Å². The molecule has 0 aromatic heterocycles. The highest BCUT2D eigenvalue weighted by Gasteiger charge is 2.41. The number of carbonyl (C=O) groups is 1. The zero-order valence-electron chi connectivity index (χ0n) is 17.0. The number of hydrogen-bond donors (Lipinski definition) is 2. The lowest BCUT2D eigenvalue weighted by Crippen LogP contribution is -2.29. The number of halogens is 4. The quantitative estimate of drug-likeness (QED) is 0.385. The van der Waals surface area contributed by atoms with Gasteiger partial charge in [-0.25, -0.2) is 8.78 Å². The SMILES string of the molecule is O=C(Nc1cccc2c1N[C@H](c1ccc(Cl)cc1)[C@@H]1CCC[C@H]21)c1cc(F)c(F)cc1Cl. The van der Waals surface area contributed by atoms with E-state index in [1.807, 2.05) is 30.3 Å². The molecule has 3 atom stereocenters. The molecule has 0 radical (unpaired) electrons. The van der Waals surface area contributed by atoms with Crippen LogP contribution >= 0.6 is 23.2 Å². The zero-order valence-corrected chi connectivity index (χ0v) is 18.5. The minimum atomic E-state index is -1.12. The topological polar surface area (TPSA) is 41.1 Å². The lowest BCUT2D eigenvalue weighted by Gasteiger charge is -2.38. The van der Waals surface area contributed by atoms with Gasteiger partial charge in [-0.05, 0) is 66.1 Å². The normalized spacial score (nSPS) is 21.4. The van der Waals surface area contributed by atoms with Crippen LogP contribution in [0.1, 0.15) is 52.7 Å². The molecule has 1 fully saturated rings. The fourth-order valence-corrected chi connectivity index (χ4v) is 5.43. The van der Waals surface area contributed by atoms with Gasteiger partial charge >= 0.3 is 0 Å². The van der Waals surface area contributed by atoms with E-state index in [9.17, 15) is 13.6 Å². The summed E-state index contributed by atoms with van der Waals surface area (Å²) in [7, 11) is 0. The van der Waals surface area contributed by atoms with Crippen LogP contribution in [-0.4, -0.2) is 5.91 Å². The lowest BCUT2D eigenvalue weighted by molar-refractivity contribution is 0.102. The molecule has 0 saturated heterocycles. The molecular formula is C25H20Cl2F2N2O. The third kappa shape index (κ3) is 3.74. The monoisotopic (exact) mass is 472 g/mol. The molecule has 5 rings (SSSR count). The number of amides is 1. The largest absolute Gasteiger partial charge is 0.376 e. The molecule has 1 saturated carbocycles. The van der Waals surface area contributed by atoms with Crippen LogP contribution in [0, 0.1) is 17.6 Å². The number of rotatable bonds is 3. The highest BCUT2D eigenvalue weighted by molar-refractivity contribution is 6.34. The average molecular weight is 473 g/mol. The van der Waals surface area contributed by atoms with E-state index in [0.717, 1.165) is 48.2 Å². The smallest absolute Gasteiger partial charge is 0.257 e. The number of nitrogens with one attached hydrogen (secondary N) is 2. The highest BCUT2D eigenvalue weighted by atomic mass is 35.5. The fourth-order valence-electron chi connectivity index (χ4n) is 5.07. The van der Waals surface area contributed by atoms with Crippen LogP contribution < -0.4 is 10.6 Å². The van der Waals surface area contributed by atoms with E-state index >= 15 is 0 Å². The summed E-state index contributed by atoms with van der Waals surface area (Å²) in [6, 6.07) is 15.3. The Hall–Kier alpha value is -2.63. The van der Waals surface area contributed by atoms with E-state index in [0.29, 0.717) is 22.5 Å². The summed E-state index contributed by atoms with van der Waals surface area (Å²) in [4.78, 5) is 12.9. The van der Waals surface area contributed by atoms with Gasteiger partial charge in [-0.1, -0.05) is 53.9 Å². The van der Waals surface area contributed by atoms with Gasteiger partial charge in [0.2, 0.25) is 0 Å². The number of carbonyl (C=O) groups excluding carboxylic acids is 1. The Morgan fingerprint density at radius 1 is 1.00 bits per heavy atom. The Labute approximate surface area is 194 Å². The molecule has 1 heterocycles. The van der Waals surface area contributed by atoms with Crippen molar-refractivity contribution in [3.8, 4) is 0 Å². The highest BCUT2D eigenvalue weighted by Crippen LogP contribution is 2.54. The van der Waals surface area contributed by atoms with Crippen molar-refractivity contribution in [2.45, 2.75) is 31.2 Å². The van der Waals surface area contributed by atoms with Crippen LogP contribution in [0.25, 0.3) is 0 Å². The Morgan fingerprint density at radius 3 is 2.53 bits per heavy atom. The zero-order chi connectivity index (χ0) is 22.4. The van der Waals surface area contributed by atoms with Gasteiger partial charge < -0.3 is 10.6 Å². The predicted molar refractivity (Wildman–Crippen MR) is 124 cm³/mol. The number of fused-ring (bicyclic) bond motifs is 3. The molecule has 32 heavy (non-hydrogen) atoms. The molecule has 1 aliphatic heterocycles. The second-order valence-corrected chi connectivity index (χ2v) is 9.19. The molecule has 0 bridgehead atoms. The first-order valence-corrected chi connectivity index (χ1v) is 11.3. The molecule has 0 spiro atoms. The van der Waals surface area contributed by atoms with E-state index in [2.05, 4.69) is 16.7 Å². The Bertz CT molecular complexity index is 1200. The molecule has 1 amide bonds. The molecule has 3 aromatic carbocycles. The van der Waals surface area contributed by atoms with Crippen molar-refractivity contribution in [2.24, 2.45) is 5.92 Å². The summed E-state index contributed by atoms with van der Waals surface area (Å²) in [6.45, 7) is 0. The third-order valence-electron chi connectivity index (χ3n) is 6.53. The van der Waals surface area contributed by atoms with E-state index in [1.54, 1.807) is 6.07 Å². The van der Waals surface area contributed by atoms with Crippen LogP contribution in [-0.2, 0) is 0 Å². The number of hydrogen-bond acceptors (Lipinski definition) is 2. The molecule has 2 aliphatic rings. The molecule has 0 unspecified atom stereocenters. The first-order valence-electron chi connectivity index (χ1n) is 10.5. The van der Waals surface area contributed by atoms with Gasteiger partial charge in [0.05, 0.1) is 28.0 Å². The molecule has 3 nitrogen and oxygen atoms in total. The number of anilines is 2. The summed E-state index contributed by atoms with van der Waals surface area (Å²) >= 11 is 12.1. The number of para-hydroxylation sites is 1. The van der Waals surface area contributed by atoms with Crippen LogP contribution in [0.2, 0.25) is 10.0 Å². The van der Waals surface area contributed by atoms with Gasteiger partial charge in [0.15, 0.2) is 11.6 Å². The minimum absolute atomic E-state index is 0.0807. The van der Waals surface area contributed by atoms with Crippen molar-refractivity contribution in [2.75, 3.05) is 10.6 Å². The van der Waals surface area contributed by atoms with Crippen molar-refractivity contribution in [1.82, 2.24) is 0 Å². The van der Waals surface area contributed by atoms with Gasteiger partial charge in [-0.3, -0.25) is 4.79 Å². The lowest BCUT2D eigenvalue weighted by atomic mass is 9.77. The van der Waals surface area contributed by atoms with Crippen molar-refractivity contribution < 1.29 is 13.6 Å². The molecule has 7 heteroatoms. The second kappa shape index (κ2) is 8.38. The van der Waals surface area contributed by atoms with Gasteiger partial charge in [0.1, 0.15) is 0 Å². The van der Waals surface area contributed by atoms with E-state index in [1.165, 1.54) is 0 Å². The maximum atomic E-state index is 13.7. The predicted octanol–water partition coefficient (Wildman–Crippen LogP) is 7.57. The van der Waals surface area contributed by atoms with Gasteiger partial charge in [-0.2, -0.15) is 0 Å². The first kappa shape index (κ1) is 21.2. The minimum Gasteiger partial charge on any atom is -0.376 e. The molecule has 1 aliphatic carbocycles. The van der Waals surface area contributed by atoms with Gasteiger partial charge in [-0.15, -0.1) is 0 Å². The van der Waals surface area contributed by atoms with Crippen molar-refractivity contribution in [1.29, 1.82) is 0 Å². The summed E-state index contributed by atoms with van der Waals surface area (Å²) in [6.07, 6.45) is 3.34. The summed E-state index contributed by atoms with van der Waals surface area (Å²) < 4.78 is 27.1. The average Bonchev–Trinajstić information content (AvgIpc) is 3.27. The van der Waals surface area contributed by atoms with Crippen molar-refractivity contribution in [3.05, 3.63) is 93.0 Å². The van der Waals surface area contributed by atoms with Crippen molar-refractivity contribution in [3.63, 3.8) is 0 Å². The molecular weight excluding hydrogens is 453 g/mol. The van der Waals surface area contributed by atoms with Gasteiger partial charge in [0.25, 0.3) is 5.91 Å². The Balaban J connectivity index is 1.51. The van der Waals surface area contributed by atoms with Gasteiger partial charge in [0, 0.05) is 5.02 Å². The number of benzene rings is 3. The molecule has 3 aromatic rings.